The van der Waals surface area contributed by atoms with Crippen LogP contribution in [0.1, 0.15) is 5.56 Å². The van der Waals surface area contributed by atoms with E-state index in [1.165, 1.54) is 0 Å². The van der Waals surface area contributed by atoms with Gasteiger partial charge in [-0.1, -0.05) is 36.4 Å². The van der Waals surface area contributed by atoms with Crippen molar-refractivity contribution < 1.29 is 4.79 Å². The fraction of sp³-hybridized carbons (Fsp3) is 0.0909. The molecule has 1 amide bonds. The Morgan fingerprint density at radius 1 is 0.885 bits per heavy atom. The molecule has 4 nitrogen and oxygen atoms in total. The molecule has 0 radical (unpaired) electrons. The van der Waals surface area contributed by atoms with Crippen molar-refractivity contribution >= 4 is 33.4 Å². The molecule has 26 heavy (non-hydrogen) atoms. The second kappa shape index (κ2) is 6.48. The van der Waals surface area contributed by atoms with Crippen LogP contribution in [0.25, 0.3) is 21.8 Å². The minimum absolute atomic E-state index is 0.00783. The summed E-state index contributed by atoms with van der Waals surface area (Å²) in [6, 6.07) is 22.5. The molecule has 3 aromatic carbocycles. The third-order valence-corrected chi connectivity index (χ3v) is 4.48. The molecule has 0 saturated heterocycles. The number of nitrogens with one attached hydrogen (secondary N) is 1. The molecule has 4 heteroatoms. The predicted molar refractivity (Wildman–Crippen MR) is 106 cm³/mol. The van der Waals surface area contributed by atoms with Crippen LogP contribution in [-0.4, -0.2) is 10.5 Å². The van der Waals surface area contributed by atoms with Crippen molar-refractivity contribution in [3.63, 3.8) is 0 Å². The summed E-state index contributed by atoms with van der Waals surface area (Å²) in [5, 5.41) is 4.18. The third kappa shape index (κ3) is 2.86. The molecule has 1 aromatic heterocycles. The molecule has 128 valence electrons. The van der Waals surface area contributed by atoms with Gasteiger partial charge in [-0.15, -0.1) is 0 Å². The van der Waals surface area contributed by atoms with E-state index >= 15 is 0 Å². The van der Waals surface area contributed by atoms with Gasteiger partial charge in [-0.3, -0.25) is 9.59 Å². The Bertz CT molecular complexity index is 1130. The average molecular weight is 342 g/mol. The standard InChI is InChI=1S/C22H18N2O2/c1-15-7-6-8-16(13-15)23-21(25)14-24-19-11-4-2-9-17(19)22(26)18-10-3-5-12-20(18)24/h2-13H,14H2,1H3,(H,23,25). The summed E-state index contributed by atoms with van der Waals surface area (Å²) in [5.41, 5.74) is 3.37. The quantitative estimate of drug-likeness (QED) is 0.570. The number of benzene rings is 3. The summed E-state index contributed by atoms with van der Waals surface area (Å²) in [6.07, 6.45) is 0. The number of aromatic nitrogens is 1. The average Bonchev–Trinajstić information content (AvgIpc) is 2.65. The molecule has 0 bridgehead atoms. The van der Waals surface area contributed by atoms with E-state index < -0.39 is 0 Å². The number of carbonyl (C=O) groups is 1. The van der Waals surface area contributed by atoms with Crippen LogP contribution in [0.2, 0.25) is 0 Å². The molecule has 0 aliphatic rings. The second-order valence-corrected chi connectivity index (χ2v) is 6.37. The molecule has 0 atom stereocenters. The van der Waals surface area contributed by atoms with Gasteiger partial charge in [0.05, 0.1) is 11.0 Å². The van der Waals surface area contributed by atoms with Crippen LogP contribution in [0.15, 0.2) is 77.6 Å². The first kappa shape index (κ1) is 16.1. The lowest BCUT2D eigenvalue weighted by molar-refractivity contribution is -0.116. The van der Waals surface area contributed by atoms with Crippen LogP contribution in [0.3, 0.4) is 0 Å². The first-order valence-electron chi connectivity index (χ1n) is 8.50. The van der Waals surface area contributed by atoms with Gasteiger partial charge in [0.15, 0.2) is 5.43 Å². The van der Waals surface area contributed by atoms with E-state index in [0.717, 1.165) is 22.3 Å². The molecule has 1 N–H and O–H groups in total. The summed E-state index contributed by atoms with van der Waals surface area (Å²) < 4.78 is 1.90. The number of hydrogen-bond donors (Lipinski definition) is 1. The maximum atomic E-state index is 12.7. The summed E-state index contributed by atoms with van der Waals surface area (Å²) >= 11 is 0. The Morgan fingerprint density at radius 2 is 1.50 bits per heavy atom. The second-order valence-electron chi connectivity index (χ2n) is 6.37. The molecule has 0 fully saturated rings. The minimum atomic E-state index is -0.130. The van der Waals surface area contributed by atoms with Crippen molar-refractivity contribution in [1.82, 2.24) is 4.57 Å². The monoisotopic (exact) mass is 342 g/mol. The van der Waals surface area contributed by atoms with Gasteiger partial charge in [0.1, 0.15) is 6.54 Å². The van der Waals surface area contributed by atoms with E-state index in [-0.39, 0.29) is 17.9 Å². The van der Waals surface area contributed by atoms with Gasteiger partial charge in [0, 0.05) is 16.5 Å². The number of rotatable bonds is 3. The maximum Gasteiger partial charge on any atom is 0.244 e. The Hall–Kier alpha value is -3.40. The topological polar surface area (TPSA) is 51.1 Å². The highest BCUT2D eigenvalue weighted by atomic mass is 16.2. The number of aryl methyl sites for hydroxylation is 1. The van der Waals surface area contributed by atoms with Gasteiger partial charge < -0.3 is 9.88 Å². The van der Waals surface area contributed by atoms with Crippen molar-refractivity contribution in [3.8, 4) is 0 Å². The molecule has 0 aliphatic heterocycles. The van der Waals surface area contributed by atoms with E-state index in [2.05, 4.69) is 5.32 Å². The zero-order valence-electron chi connectivity index (χ0n) is 14.4. The smallest absolute Gasteiger partial charge is 0.244 e. The van der Waals surface area contributed by atoms with Gasteiger partial charge in [-0.2, -0.15) is 0 Å². The number of carbonyl (C=O) groups excluding carboxylic acids is 1. The first-order valence-corrected chi connectivity index (χ1v) is 8.50. The number of para-hydroxylation sites is 2. The Labute approximate surface area is 150 Å². The Kier molecular flexibility index (Phi) is 4.01. The van der Waals surface area contributed by atoms with Crippen LogP contribution >= 0.6 is 0 Å². The third-order valence-electron chi connectivity index (χ3n) is 4.48. The number of nitrogens with zero attached hydrogens (tertiary/aromatic N) is 1. The van der Waals surface area contributed by atoms with Crippen molar-refractivity contribution in [1.29, 1.82) is 0 Å². The molecular weight excluding hydrogens is 324 g/mol. The van der Waals surface area contributed by atoms with Crippen LogP contribution < -0.4 is 10.7 Å². The minimum Gasteiger partial charge on any atom is -0.331 e. The highest BCUT2D eigenvalue weighted by Crippen LogP contribution is 2.19. The van der Waals surface area contributed by atoms with Gasteiger partial charge in [-0.25, -0.2) is 0 Å². The molecule has 4 aromatic rings. The van der Waals surface area contributed by atoms with Crippen LogP contribution in [0, 0.1) is 6.92 Å². The van der Waals surface area contributed by atoms with E-state index in [1.807, 2.05) is 72.2 Å². The van der Waals surface area contributed by atoms with E-state index in [0.29, 0.717) is 10.8 Å². The summed E-state index contributed by atoms with van der Waals surface area (Å²) in [7, 11) is 0. The zero-order valence-corrected chi connectivity index (χ0v) is 14.4. The van der Waals surface area contributed by atoms with E-state index in [9.17, 15) is 9.59 Å². The Morgan fingerprint density at radius 3 is 2.12 bits per heavy atom. The van der Waals surface area contributed by atoms with Gasteiger partial charge >= 0.3 is 0 Å². The molecule has 0 aliphatic carbocycles. The van der Waals surface area contributed by atoms with Crippen molar-refractivity contribution in [3.05, 3.63) is 88.6 Å². The lowest BCUT2D eigenvalue weighted by Gasteiger charge is -2.15. The fourth-order valence-corrected chi connectivity index (χ4v) is 3.31. The predicted octanol–water partition coefficient (Wildman–Crippen LogP) is 4.10. The lowest BCUT2D eigenvalue weighted by atomic mass is 10.1. The molecule has 1 heterocycles. The summed E-state index contributed by atoms with van der Waals surface area (Å²) in [5.74, 6) is -0.130. The summed E-state index contributed by atoms with van der Waals surface area (Å²) in [6.45, 7) is 2.12. The normalized spacial score (nSPS) is 11.0. The maximum absolute atomic E-state index is 12.7. The molecular formula is C22H18N2O2. The molecule has 0 unspecified atom stereocenters. The van der Waals surface area contributed by atoms with Crippen molar-refractivity contribution in [2.45, 2.75) is 13.5 Å². The number of pyridine rings is 1. The number of amides is 1. The van der Waals surface area contributed by atoms with Crippen LogP contribution in [-0.2, 0) is 11.3 Å². The lowest BCUT2D eigenvalue weighted by Crippen LogP contribution is -2.21. The summed E-state index contributed by atoms with van der Waals surface area (Å²) in [4.78, 5) is 25.4. The van der Waals surface area contributed by atoms with Crippen LogP contribution in [0.4, 0.5) is 5.69 Å². The number of hydrogen-bond acceptors (Lipinski definition) is 2. The molecule has 0 spiro atoms. The van der Waals surface area contributed by atoms with Crippen LogP contribution in [0.5, 0.6) is 0 Å². The number of fused-ring (bicyclic) bond motifs is 2. The molecule has 4 rings (SSSR count). The first-order chi connectivity index (χ1) is 12.6. The van der Waals surface area contributed by atoms with Crippen molar-refractivity contribution in [2.75, 3.05) is 5.32 Å². The fourth-order valence-electron chi connectivity index (χ4n) is 3.31. The van der Waals surface area contributed by atoms with Crippen molar-refractivity contribution in [2.24, 2.45) is 0 Å². The highest BCUT2D eigenvalue weighted by molar-refractivity contribution is 5.97. The largest absolute Gasteiger partial charge is 0.331 e. The SMILES string of the molecule is Cc1cccc(NC(=O)Cn2c3ccccc3c(=O)c3ccccc32)c1. The van der Waals surface area contributed by atoms with Gasteiger partial charge in [0.2, 0.25) is 5.91 Å². The number of anilines is 1. The molecule has 0 saturated carbocycles. The van der Waals surface area contributed by atoms with Gasteiger partial charge in [0.25, 0.3) is 0 Å². The Balaban J connectivity index is 1.81. The van der Waals surface area contributed by atoms with E-state index in [1.54, 1.807) is 12.1 Å². The van der Waals surface area contributed by atoms with Gasteiger partial charge in [-0.05, 0) is 48.9 Å². The highest BCUT2D eigenvalue weighted by Gasteiger charge is 2.12. The van der Waals surface area contributed by atoms with E-state index in [4.69, 9.17) is 0 Å². The zero-order chi connectivity index (χ0) is 18.1.